The van der Waals surface area contributed by atoms with Crippen molar-refractivity contribution in [2.24, 2.45) is 5.73 Å². The highest BCUT2D eigenvalue weighted by atomic mass is 32.1. The average molecular weight is 312 g/mol. The number of nitrogens with zero attached hydrogens (tertiary/aromatic N) is 2. The minimum absolute atomic E-state index is 0.141. The van der Waals surface area contributed by atoms with Crippen LogP contribution in [0.25, 0.3) is 0 Å². The molecule has 1 aromatic heterocycles. The van der Waals surface area contributed by atoms with E-state index in [-0.39, 0.29) is 17.6 Å². The summed E-state index contributed by atoms with van der Waals surface area (Å²) < 4.78 is 9.93. The molecule has 1 amide bonds. The average Bonchev–Trinajstić information content (AvgIpc) is 2.89. The number of hydrogen-bond donors (Lipinski definition) is 2. The van der Waals surface area contributed by atoms with Gasteiger partial charge in [-0.15, -0.1) is 0 Å². The van der Waals surface area contributed by atoms with Crippen LogP contribution in [0.5, 0.6) is 0 Å². The summed E-state index contributed by atoms with van der Waals surface area (Å²) in [7, 11) is 1.56. The number of ether oxygens (including phenoxy) is 1. The number of aromatic nitrogens is 1. The molecule has 2 rings (SSSR count). The van der Waals surface area contributed by atoms with Gasteiger partial charge in [-0.05, 0) is 12.8 Å². The lowest BCUT2D eigenvalue weighted by atomic mass is 10.0. The van der Waals surface area contributed by atoms with Crippen LogP contribution < -0.4 is 11.1 Å². The first kappa shape index (κ1) is 15.9. The lowest BCUT2D eigenvalue weighted by Crippen LogP contribution is -2.46. The van der Waals surface area contributed by atoms with E-state index in [4.69, 9.17) is 27.2 Å². The smallest absolute Gasteiger partial charge is 0.273 e. The van der Waals surface area contributed by atoms with E-state index in [0.717, 1.165) is 25.9 Å². The molecule has 8 heteroatoms. The molecule has 0 unspecified atom stereocenters. The third-order valence-corrected chi connectivity index (χ3v) is 3.51. The van der Waals surface area contributed by atoms with Crippen molar-refractivity contribution in [2.45, 2.75) is 25.5 Å². The lowest BCUT2D eigenvalue weighted by Gasteiger charge is -2.31. The van der Waals surface area contributed by atoms with Crippen molar-refractivity contribution in [3.05, 3.63) is 17.5 Å². The van der Waals surface area contributed by atoms with Crippen LogP contribution in [0.1, 0.15) is 29.1 Å². The monoisotopic (exact) mass is 312 g/mol. The van der Waals surface area contributed by atoms with Crippen LogP contribution >= 0.6 is 12.2 Å². The molecule has 1 aliphatic heterocycles. The van der Waals surface area contributed by atoms with E-state index in [9.17, 15) is 4.79 Å². The maximum atomic E-state index is 12.1. The lowest BCUT2D eigenvalue weighted by molar-refractivity contribution is 0.0905. The SMILES string of the molecule is COCc1cc(C(=O)NC2CCN(CC(N)=S)CC2)no1. The molecule has 0 bridgehead atoms. The van der Waals surface area contributed by atoms with Gasteiger partial charge < -0.3 is 20.3 Å². The zero-order valence-electron chi connectivity index (χ0n) is 12.0. The minimum atomic E-state index is -0.214. The van der Waals surface area contributed by atoms with Gasteiger partial charge >= 0.3 is 0 Å². The van der Waals surface area contributed by atoms with Crippen LogP contribution in [-0.2, 0) is 11.3 Å². The molecule has 0 aromatic carbocycles. The first-order valence-electron chi connectivity index (χ1n) is 6.84. The van der Waals surface area contributed by atoms with Gasteiger partial charge in [-0.1, -0.05) is 17.4 Å². The molecule has 1 aliphatic rings. The summed E-state index contributed by atoms with van der Waals surface area (Å²) >= 11 is 4.90. The Morgan fingerprint density at radius 3 is 2.95 bits per heavy atom. The fraction of sp³-hybridized carbons (Fsp3) is 0.615. The third kappa shape index (κ3) is 4.76. The van der Waals surface area contributed by atoms with Gasteiger partial charge in [0.1, 0.15) is 6.61 Å². The molecule has 116 valence electrons. The predicted octanol–water partition coefficient (Wildman–Crippen LogP) is 0.301. The summed E-state index contributed by atoms with van der Waals surface area (Å²) in [5, 5.41) is 6.71. The van der Waals surface area contributed by atoms with Gasteiger partial charge in [0, 0.05) is 38.9 Å². The largest absolute Gasteiger partial charge is 0.392 e. The number of carbonyl (C=O) groups is 1. The Morgan fingerprint density at radius 1 is 1.62 bits per heavy atom. The van der Waals surface area contributed by atoms with Gasteiger partial charge in [0.05, 0.1) is 4.99 Å². The van der Waals surface area contributed by atoms with Crippen LogP contribution in [0, 0.1) is 0 Å². The van der Waals surface area contributed by atoms with Crippen LogP contribution in [-0.4, -0.2) is 53.7 Å². The van der Waals surface area contributed by atoms with E-state index in [1.807, 2.05) is 0 Å². The van der Waals surface area contributed by atoms with Crippen LogP contribution in [0.3, 0.4) is 0 Å². The minimum Gasteiger partial charge on any atom is -0.392 e. The number of hydrogen-bond acceptors (Lipinski definition) is 6. The van der Waals surface area contributed by atoms with E-state index in [1.54, 1.807) is 13.2 Å². The van der Waals surface area contributed by atoms with Crippen molar-refractivity contribution < 1.29 is 14.1 Å². The zero-order valence-corrected chi connectivity index (χ0v) is 12.8. The molecular weight excluding hydrogens is 292 g/mol. The Labute approximate surface area is 128 Å². The van der Waals surface area contributed by atoms with Gasteiger partial charge in [-0.2, -0.15) is 0 Å². The first-order valence-corrected chi connectivity index (χ1v) is 7.25. The fourth-order valence-electron chi connectivity index (χ4n) is 2.35. The van der Waals surface area contributed by atoms with Crippen LogP contribution in [0.15, 0.2) is 10.6 Å². The van der Waals surface area contributed by atoms with Crippen molar-refractivity contribution >= 4 is 23.1 Å². The quantitative estimate of drug-likeness (QED) is 0.730. The third-order valence-electron chi connectivity index (χ3n) is 3.38. The predicted molar refractivity (Wildman–Crippen MR) is 80.9 cm³/mol. The van der Waals surface area contributed by atoms with Crippen molar-refractivity contribution in [2.75, 3.05) is 26.7 Å². The van der Waals surface area contributed by atoms with E-state index >= 15 is 0 Å². The second-order valence-electron chi connectivity index (χ2n) is 5.10. The Morgan fingerprint density at radius 2 is 2.33 bits per heavy atom. The highest BCUT2D eigenvalue weighted by molar-refractivity contribution is 7.80. The van der Waals surface area contributed by atoms with Gasteiger partial charge in [0.15, 0.2) is 11.5 Å². The summed E-state index contributed by atoms with van der Waals surface area (Å²) in [5.41, 5.74) is 5.82. The summed E-state index contributed by atoms with van der Waals surface area (Å²) in [4.78, 5) is 14.8. The van der Waals surface area contributed by atoms with Crippen LogP contribution in [0.4, 0.5) is 0 Å². The van der Waals surface area contributed by atoms with E-state index in [0.29, 0.717) is 23.9 Å². The van der Waals surface area contributed by atoms with E-state index < -0.39 is 0 Å². The molecule has 1 saturated heterocycles. The second kappa shape index (κ2) is 7.48. The number of likely N-dealkylation sites (tertiary alicyclic amines) is 1. The molecule has 2 heterocycles. The Balaban J connectivity index is 1.79. The first-order chi connectivity index (χ1) is 10.1. The van der Waals surface area contributed by atoms with Crippen LogP contribution in [0.2, 0.25) is 0 Å². The second-order valence-corrected chi connectivity index (χ2v) is 5.63. The normalized spacial score (nSPS) is 16.8. The Kier molecular flexibility index (Phi) is 5.66. The highest BCUT2D eigenvalue weighted by Gasteiger charge is 2.22. The summed E-state index contributed by atoms with van der Waals surface area (Å²) in [5.74, 6) is 0.322. The number of piperidine rings is 1. The highest BCUT2D eigenvalue weighted by Crippen LogP contribution is 2.11. The molecule has 0 atom stereocenters. The van der Waals surface area contributed by atoms with Gasteiger partial charge in [0.2, 0.25) is 0 Å². The molecule has 0 aliphatic carbocycles. The van der Waals surface area contributed by atoms with Gasteiger partial charge in [-0.25, -0.2) is 0 Å². The summed E-state index contributed by atoms with van der Waals surface area (Å²) in [6, 6.07) is 1.74. The van der Waals surface area contributed by atoms with Gasteiger partial charge in [0.25, 0.3) is 5.91 Å². The molecule has 0 radical (unpaired) electrons. The number of rotatable bonds is 6. The maximum Gasteiger partial charge on any atom is 0.273 e. The van der Waals surface area contributed by atoms with E-state index in [2.05, 4.69) is 15.4 Å². The molecule has 1 fully saturated rings. The van der Waals surface area contributed by atoms with Crippen molar-refractivity contribution in [1.82, 2.24) is 15.4 Å². The number of nitrogens with two attached hydrogens (primary N) is 1. The maximum absolute atomic E-state index is 12.1. The topological polar surface area (TPSA) is 93.6 Å². The van der Waals surface area contributed by atoms with Crippen molar-refractivity contribution in [3.63, 3.8) is 0 Å². The van der Waals surface area contributed by atoms with Crippen molar-refractivity contribution in [1.29, 1.82) is 0 Å². The summed E-state index contributed by atoms with van der Waals surface area (Å²) in [6.07, 6.45) is 1.74. The molecule has 7 nitrogen and oxygen atoms in total. The molecule has 0 spiro atoms. The molecule has 21 heavy (non-hydrogen) atoms. The number of nitrogens with one attached hydrogen (secondary N) is 1. The molecular formula is C13H20N4O3S. The molecule has 3 N–H and O–H groups in total. The summed E-state index contributed by atoms with van der Waals surface area (Å²) in [6.45, 7) is 2.68. The number of amides is 1. The zero-order chi connectivity index (χ0) is 15.2. The Hall–Kier alpha value is -1.51. The van der Waals surface area contributed by atoms with Crippen molar-refractivity contribution in [3.8, 4) is 0 Å². The number of methoxy groups -OCH3 is 1. The van der Waals surface area contributed by atoms with E-state index in [1.165, 1.54) is 0 Å². The fourth-order valence-corrected chi connectivity index (χ4v) is 2.53. The standard InChI is InChI=1S/C13H20N4O3S/c1-19-8-10-6-11(16-20-10)13(18)15-9-2-4-17(5-3-9)7-12(14)21/h6,9H,2-5,7-8H2,1H3,(H2,14,21)(H,15,18). The Bertz CT molecular complexity index is 497. The van der Waals surface area contributed by atoms with Gasteiger partial charge in [-0.3, -0.25) is 9.69 Å². The number of thiocarbonyl (C=S) groups is 1. The number of carbonyl (C=O) groups excluding carboxylic acids is 1. The molecule has 0 saturated carbocycles. The molecule has 1 aromatic rings.